The SMILES string of the molecule is O=C(Nc1ccc2ncsc2c1)N1CCN(C2CCSCC2)CC1. The van der Waals surface area contributed by atoms with Gasteiger partial charge in [0.15, 0.2) is 0 Å². The van der Waals surface area contributed by atoms with Gasteiger partial charge in [0.1, 0.15) is 0 Å². The number of nitrogens with one attached hydrogen (secondary N) is 1. The minimum atomic E-state index is 0.0118. The summed E-state index contributed by atoms with van der Waals surface area (Å²) in [4.78, 5) is 21.3. The lowest BCUT2D eigenvalue weighted by Gasteiger charge is -2.40. The molecule has 2 aromatic rings. The molecule has 0 unspecified atom stereocenters. The number of benzene rings is 1. The Bertz CT molecular complexity index is 705. The molecule has 1 N–H and O–H groups in total. The largest absolute Gasteiger partial charge is 0.322 e. The number of hydrogen-bond donors (Lipinski definition) is 1. The molecule has 4 rings (SSSR count). The molecule has 0 radical (unpaired) electrons. The van der Waals surface area contributed by atoms with Crippen molar-refractivity contribution in [1.82, 2.24) is 14.8 Å². The Morgan fingerprint density at radius 2 is 1.96 bits per heavy atom. The quantitative estimate of drug-likeness (QED) is 0.890. The number of carbonyl (C=O) groups is 1. The first-order valence-electron chi connectivity index (χ1n) is 8.50. The lowest BCUT2D eigenvalue weighted by Crippen LogP contribution is -2.53. The summed E-state index contributed by atoms with van der Waals surface area (Å²) in [5.74, 6) is 2.57. The predicted octanol–water partition coefficient (Wildman–Crippen LogP) is 3.34. The molecule has 5 nitrogen and oxygen atoms in total. The van der Waals surface area contributed by atoms with Crippen LogP contribution in [0.15, 0.2) is 23.7 Å². The van der Waals surface area contributed by atoms with Crippen molar-refractivity contribution in [1.29, 1.82) is 0 Å². The molecule has 1 aromatic heterocycles. The predicted molar refractivity (Wildman–Crippen MR) is 102 cm³/mol. The fourth-order valence-corrected chi connectivity index (χ4v) is 5.27. The van der Waals surface area contributed by atoms with E-state index in [2.05, 4.69) is 27.0 Å². The Balaban J connectivity index is 1.32. The van der Waals surface area contributed by atoms with Crippen LogP contribution in [0.1, 0.15) is 12.8 Å². The summed E-state index contributed by atoms with van der Waals surface area (Å²) in [7, 11) is 0. The summed E-state index contributed by atoms with van der Waals surface area (Å²) in [5.41, 5.74) is 3.67. The lowest BCUT2D eigenvalue weighted by atomic mass is 10.1. The number of carbonyl (C=O) groups excluding carboxylic acids is 1. The first-order chi connectivity index (χ1) is 11.8. The van der Waals surface area contributed by atoms with Crippen LogP contribution in [0.5, 0.6) is 0 Å². The number of amides is 2. The first kappa shape index (κ1) is 16.2. The molecule has 0 saturated carbocycles. The third kappa shape index (κ3) is 3.53. The van der Waals surface area contributed by atoms with Crippen LogP contribution in [0.2, 0.25) is 0 Å². The summed E-state index contributed by atoms with van der Waals surface area (Å²) in [6.45, 7) is 3.63. The number of thioether (sulfide) groups is 1. The number of anilines is 1. The van der Waals surface area contributed by atoms with Gasteiger partial charge < -0.3 is 10.2 Å². The maximum atomic E-state index is 12.5. The van der Waals surface area contributed by atoms with Crippen LogP contribution >= 0.6 is 23.1 Å². The van der Waals surface area contributed by atoms with Crippen LogP contribution in [0.25, 0.3) is 10.2 Å². The number of fused-ring (bicyclic) bond motifs is 1. The number of aromatic nitrogens is 1. The van der Waals surface area contributed by atoms with Gasteiger partial charge in [-0.1, -0.05) is 0 Å². The van der Waals surface area contributed by atoms with Gasteiger partial charge in [-0.25, -0.2) is 9.78 Å². The van der Waals surface area contributed by atoms with E-state index in [4.69, 9.17) is 0 Å². The molecule has 3 heterocycles. The Morgan fingerprint density at radius 1 is 1.17 bits per heavy atom. The van der Waals surface area contributed by atoms with Crippen LogP contribution in [-0.4, -0.2) is 64.5 Å². The van der Waals surface area contributed by atoms with E-state index in [9.17, 15) is 4.79 Å². The van der Waals surface area contributed by atoms with Crippen molar-refractivity contribution >= 4 is 45.0 Å². The highest BCUT2D eigenvalue weighted by molar-refractivity contribution is 7.99. The van der Waals surface area contributed by atoms with Crippen LogP contribution in [0, 0.1) is 0 Å². The maximum Gasteiger partial charge on any atom is 0.321 e. The monoisotopic (exact) mass is 362 g/mol. The number of piperazine rings is 1. The normalized spacial score (nSPS) is 20.4. The van der Waals surface area contributed by atoms with E-state index in [1.54, 1.807) is 11.3 Å². The van der Waals surface area contributed by atoms with E-state index in [1.165, 1.54) is 24.3 Å². The number of rotatable bonds is 2. The summed E-state index contributed by atoms with van der Waals surface area (Å²) in [5, 5.41) is 3.03. The average molecular weight is 363 g/mol. The van der Waals surface area contributed by atoms with Gasteiger partial charge in [0.2, 0.25) is 0 Å². The molecule has 0 atom stereocenters. The summed E-state index contributed by atoms with van der Waals surface area (Å²) in [6, 6.07) is 6.62. The van der Waals surface area contributed by atoms with Crippen LogP contribution in [0.3, 0.4) is 0 Å². The minimum absolute atomic E-state index is 0.0118. The molecule has 0 bridgehead atoms. The number of nitrogens with zero attached hydrogens (tertiary/aromatic N) is 3. The van der Waals surface area contributed by atoms with E-state index < -0.39 is 0 Å². The average Bonchev–Trinajstić information content (AvgIpc) is 3.10. The second kappa shape index (κ2) is 7.29. The molecule has 24 heavy (non-hydrogen) atoms. The molecule has 2 aliphatic rings. The van der Waals surface area contributed by atoms with Gasteiger partial charge in [0, 0.05) is 37.9 Å². The zero-order chi connectivity index (χ0) is 16.4. The van der Waals surface area contributed by atoms with Gasteiger partial charge >= 0.3 is 6.03 Å². The molecule has 0 aliphatic carbocycles. The molecular weight excluding hydrogens is 340 g/mol. The Morgan fingerprint density at radius 3 is 2.75 bits per heavy atom. The molecule has 128 valence electrons. The van der Waals surface area contributed by atoms with Gasteiger partial charge in [-0.05, 0) is 42.5 Å². The van der Waals surface area contributed by atoms with Crippen molar-refractivity contribution in [2.24, 2.45) is 0 Å². The third-order valence-corrected chi connectivity index (χ3v) is 6.73. The van der Waals surface area contributed by atoms with Crippen LogP contribution in [-0.2, 0) is 0 Å². The van der Waals surface area contributed by atoms with Gasteiger partial charge in [0.25, 0.3) is 0 Å². The van der Waals surface area contributed by atoms with Gasteiger partial charge in [-0.2, -0.15) is 11.8 Å². The maximum absolute atomic E-state index is 12.5. The molecule has 2 saturated heterocycles. The molecule has 1 aromatic carbocycles. The minimum Gasteiger partial charge on any atom is -0.322 e. The topological polar surface area (TPSA) is 48.5 Å². The Kier molecular flexibility index (Phi) is 4.91. The lowest BCUT2D eigenvalue weighted by molar-refractivity contribution is 0.108. The second-order valence-electron chi connectivity index (χ2n) is 6.33. The van der Waals surface area contributed by atoms with Gasteiger partial charge in [0.05, 0.1) is 15.7 Å². The molecule has 2 fully saturated rings. The smallest absolute Gasteiger partial charge is 0.321 e. The second-order valence-corrected chi connectivity index (χ2v) is 8.44. The van der Waals surface area contributed by atoms with Crippen molar-refractivity contribution in [2.75, 3.05) is 43.0 Å². The highest BCUT2D eigenvalue weighted by Crippen LogP contribution is 2.24. The fourth-order valence-electron chi connectivity index (χ4n) is 3.48. The van der Waals surface area contributed by atoms with E-state index in [1.807, 2.05) is 28.6 Å². The van der Waals surface area contributed by atoms with Crippen molar-refractivity contribution < 1.29 is 4.79 Å². The van der Waals surface area contributed by atoms with E-state index >= 15 is 0 Å². The van der Waals surface area contributed by atoms with Gasteiger partial charge in [-0.3, -0.25) is 4.90 Å². The number of urea groups is 1. The van der Waals surface area contributed by atoms with Crippen molar-refractivity contribution in [3.63, 3.8) is 0 Å². The third-order valence-electron chi connectivity index (χ3n) is 4.89. The van der Waals surface area contributed by atoms with E-state index in [-0.39, 0.29) is 6.03 Å². The molecule has 7 heteroatoms. The van der Waals surface area contributed by atoms with Crippen LogP contribution < -0.4 is 5.32 Å². The van der Waals surface area contributed by atoms with Crippen molar-refractivity contribution in [2.45, 2.75) is 18.9 Å². The Labute approximate surface area is 150 Å². The molecule has 0 spiro atoms. The summed E-state index contributed by atoms with van der Waals surface area (Å²) in [6.07, 6.45) is 2.59. The fraction of sp³-hybridized carbons (Fsp3) is 0.529. The molecular formula is C17H22N4OS2. The number of hydrogen-bond acceptors (Lipinski definition) is 5. The standard InChI is InChI=1S/C17H22N4OS2/c22-17(19-13-1-2-15-16(11-13)24-12-18-15)21-7-5-20(6-8-21)14-3-9-23-10-4-14/h1-2,11-12,14H,3-10H2,(H,19,22). The van der Waals surface area contributed by atoms with E-state index in [0.29, 0.717) is 0 Å². The number of thiazole rings is 1. The van der Waals surface area contributed by atoms with Gasteiger partial charge in [-0.15, -0.1) is 11.3 Å². The molecule has 2 aliphatic heterocycles. The Hall–Kier alpha value is -1.31. The van der Waals surface area contributed by atoms with E-state index in [0.717, 1.165) is 48.1 Å². The summed E-state index contributed by atoms with van der Waals surface area (Å²) < 4.78 is 1.10. The first-order valence-corrected chi connectivity index (χ1v) is 10.5. The zero-order valence-corrected chi connectivity index (χ0v) is 15.2. The van der Waals surface area contributed by atoms with Crippen LogP contribution in [0.4, 0.5) is 10.5 Å². The van der Waals surface area contributed by atoms with Crippen molar-refractivity contribution in [3.8, 4) is 0 Å². The highest BCUT2D eigenvalue weighted by atomic mass is 32.2. The molecule has 2 amide bonds. The highest BCUT2D eigenvalue weighted by Gasteiger charge is 2.27. The summed E-state index contributed by atoms with van der Waals surface area (Å²) >= 11 is 3.66. The zero-order valence-electron chi connectivity index (χ0n) is 13.6. The van der Waals surface area contributed by atoms with Crippen molar-refractivity contribution in [3.05, 3.63) is 23.7 Å².